The summed E-state index contributed by atoms with van der Waals surface area (Å²) in [4.78, 5) is 12.3. The Balaban J connectivity index is 1.80. The van der Waals surface area contributed by atoms with E-state index in [2.05, 4.69) is 66.8 Å². The van der Waals surface area contributed by atoms with Gasteiger partial charge in [-0.1, -0.05) is 90.1 Å². The highest BCUT2D eigenvalue weighted by Crippen LogP contribution is 2.42. The van der Waals surface area contributed by atoms with Crippen molar-refractivity contribution in [3.05, 3.63) is 77.9 Å². The van der Waals surface area contributed by atoms with Crippen molar-refractivity contribution in [1.82, 2.24) is 0 Å². The van der Waals surface area contributed by atoms with Crippen LogP contribution in [0.5, 0.6) is 5.75 Å². The van der Waals surface area contributed by atoms with Crippen LogP contribution >= 0.6 is 0 Å². The van der Waals surface area contributed by atoms with Crippen LogP contribution in [0.2, 0.25) is 18.1 Å². The van der Waals surface area contributed by atoms with Gasteiger partial charge in [0.1, 0.15) is 5.75 Å². The summed E-state index contributed by atoms with van der Waals surface area (Å²) in [5, 5.41) is 0.00661. The molecule has 0 aliphatic carbocycles. The molecule has 0 unspecified atom stereocenters. The van der Waals surface area contributed by atoms with Gasteiger partial charge in [0.15, 0.2) is 14.1 Å². The SMILES string of the molecule is CCOC(=O)/C=C/[C@H](C)[C@@H](O[Si](C)(C)C(C)(C)C)[C@H](C)[C@H]1C[C@@H]([C@H](C)[C@H](C[C@H](CCOCc2ccccc2)OCc2ccc(OC)cc2)OC)OC(C)(C)O1. The van der Waals surface area contributed by atoms with Gasteiger partial charge in [-0.3, -0.25) is 0 Å². The Morgan fingerprint density at radius 2 is 1.55 bits per heavy atom. The Morgan fingerprint density at radius 3 is 2.13 bits per heavy atom. The summed E-state index contributed by atoms with van der Waals surface area (Å²) in [7, 11) is 1.24. The van der Waals surface area contributed by atoms with Gasteiger partial charge in [0.25, 0.3) is 0 Å². The molecule has 0 N–H and O–H groups in total. The minimum atomic E-state index is -2.20. The number of carbonyl (C=O) groups excluding carboxylic acids is 1. The van der Waals surface area contributed by atoms with Gasteiger partial charge < -0.3 is 37.6 Å². The third-order valence-electron chi connectivity index (χ3n) is 11.3. The molecule has 0 amide bonds. The van der Waals surface area contributed by atoms with Crippen molar-refractivity contribution in [2.45, 2.75) is 149 Å². The van der Waals surface area contributed by atoms with E-state index in [-0.39, 0.29) is 59.3 Å². The molecule has 9 nitrogen and oxygen atoms in total. The second-order valence-corrected chi connectivity index (χ2v) is 21.9. The number of hydrogen-bond acceptors (Lipinski definition) is 9. The molecule has 3 rings (SSSR count). The Labute approximate surface area is 333 Å². The van der Waals surface area contributed by atoms with Crippen LogP contribution in [-0.4, -0.2) is 78.0 Å². The molecule has 55 heavy (non-hydrogen) atoms. The fraction of sp³-hybridized carbons (Fsp3) is 0.667. The zero-order valence-electron chi connectivity index (χ0n) is 36.1. The molecule has 0 saturated carbocycles. The van der Waals surface area contributed by atoms with Gasteiger partial charge in [0.2, 0.25) is 0 Å². The molecule has 2 aromatic carbocycles. The predicted molar refractivity (Wildman–Crippen MR) is 221 cm³/mol. The highest BCUT2D eigenvalue weighted by molar-refractivity contribution is 6.74. The Bertz CT molecular complexity index is 1420. The average molecular weight is 785 g/mol. The van der Waals surface area contributed by atoms with Crippen molar-refractivity contribution in [3.8, 4) is 5.75 Å². The minimum absolute atomic E-state index is 0.00261. The number of ether oxygens (including phenoxy) is 7. The third kappa shape index (κ3) is 15.0. The van der Waals surface area contributed by atoms with Gasteiger partial charge in [-0.05, 0) is 74.5 Å². The number of esters is 1. The van der Waals surface area contributed by atoms with E-state index >= 15 is 0 Å². The average Bonchev–Trinajstić information content (AvgIpc) is 3.14. The number of hydrogen-bond donors (Lipinski definition) is 0. The first-order valence-electron chi connectivity index (χ1n) is 20.2. The number of benzene rings is 2. The van der Waals surface area contributed by atoms with E-state index in [4.69, 9.17) is 37.6 Å². The lowest BCUT2D eigenvalue weighted by atomic mass is 9.82. The molecule has 2 aromatic rings. The van der Waals surface area contributed by atoms with Gasteiger partial charge in [-0.2, -0.15) is 0 Å². The lowest BCUT2D eigenvalue weighted by Gasteiger charge is -2.49. The van der Waals surface area contributed by atoms with Crippen LogP contribution in [0.4, 0.5) is 0 Å². The second-order valence-electron chi connectivity index (χ2n) is 17.1. The van der Waals surface area contributed by atoms with Gasteiger partial charge in [0.05, 0.1) is 57.5 Å². The van der Waals surface area contributed by atoms with E-state index < -0.39 is 14.1 Å². The summed E-state index contributed by atoms with van der Waals surface area (Å²) >= 11 is 0. The Hall–Kier alpha value is -2.57. The van der Waals surface area contributed by atoms with Gasteiger partial charge in [-0.25, -0.2) is 4.79 Å². The highest BCUT2D eigenvalue weighted by atomic mass is 28.4. The summed E-state index contributed by atoms with van der Waals surface area (Å²) < 4.78 is 50.1. The molecule has 310 valence electrons. The molecule has 0 aromatic heterocycles. The number of carbonyl (C=O) groups is 1. The van der Waals surface area contributed by atoms with E-state index in [1.165, 1.54) is 6.08 Å². The monoisotopic (exact) mass is 784 g/mol. The fourth-order valence-electron chi connectivity index (χ4n) is 6.89. The van der Waals surface area contributed by atoms with E-state index in [0.717, 1.165) is 23.3 Å². The van der Waals surface area contributed by atoms with Crippen LogP contribution in [0.15, 0.2) is 66.7 Å². The lowest BCUT2D eigenvalue weighted by molar-refractivity contribution is -0.322. The van der Waals surface area contributed by atoms with Crippen LogP contribution < -0.4 is 4.74 Å². The fourth-order valence-corrected chi connectivity index (χ4v) is 8.35. The van der Waals surface area contributed by atoms with Crippen molar-refractivity contribution in [2.75, 3.05) is 27.4 Å². The van der Waals surface area contributed by atoms with Crippen molar-refractivity contribution in [1.29, 1.82) is 0 Å². The van der Waals surface area contributed by atoms with Crippen molar-refractivity contribution in [2.24, 2.45) is 17.8 Å². The molecule has 8 atom stereocenters. The van der Waals surface area contributed by atoms with Crippen molar-refractivity contribution < 1.29 is 42.4 Å². The molecule has 0 spiro atoms. The normalized spacial score (nSPS) is 21.0. The van der Waals surface area contributed by atoms with Gasteiger partial charge in [-0.15, -0.1) is 0 Å². The summed E-state index contributed by atoms with van der Waals surface area (Å²) in [6.45, 7) is 25.6. The summed E-state index contributed by atoms with van der Waals surface area (Å²) in [6.07, 6.45) is 4.79. The maximum atomic E-state index is 12.3. The molecule has 1 aliphatic heterocycles. The van der Waals surface area contributed by atoms with E-state index in [1.54, 1.807) is 14.2 Å². The summed E-state index contributed by atoms with van der Waals surface area (Å²) in [6, 6.07) is 18.2. The standard InChI is InChI=1S/C45H72O9Si/c1-14-50-42(46)25-20-32(2)43(54-55(12,13)44(5,6)7)34(4)41-29-40(52-45(8,9)53-41)33(3)39(48-11)28-38(26-27-49-30-35-18-16-15-17-19-35)51-31-36-21-23-37(47-10)24-22-36/h15-25,32-34,38-41,43H,14,26-31H2,1-13H3/b25-20+/t32-,33+,34+,38-,39-,40-,41+,43+/m0/s1. The van der Waals surface area contributed by atoms with Crippen molar-refractivity contribution >= 4 is 14.3 Å². The Morgan fingerprint density at radius 1 is 0.927 bits per heavy atom. The van der Waals surface area contributed by atoms with Crippen LogP contribution in [0, 0.1) is 17.8 Å². The van der Waals surface area contributed by atoms with Crippen LogP contribution in [0.25, 0.3) is 0 Å². The van der Waals surface area contributed by atoms with Crippen LogP contribution in [0.1, 0.15) is 92.7 Å². The molecule has 10 heteroatoms. The first kappa shape index (κ1) is 46.8. The highest BCUT2D eigenvalue weighted by Gasteiger charge is 2.47. The Kier molecular flexibility index (Phi) is 18.6. The maximum Gasteiger partial charge on any atom is 0.330 e. The van der Waals surface area contributed by atoms with E-state index in [0.29, 0.717) is 39.3 Å². The molecular weight excluding hydrogens is 713 g/mol. The second kappa shape index (κ2) is 21.8. The molecular formula is C45H72O9Si. The predicted octanol–water partition coefficient (Wildman–Crippen LogP) is 9.92. The molecule has 0 bridgehead atoms. The van der Waals surface area contributed by atoms with E-state index in [1.807, 2.05) is 69.3 Å². The first-order chi connectivity index (χ1) is 25.9. The molecule has 1 fully saturated rings. The first-order valence-corrected chi connectivity index (χ1v) is 23.1. The summed E-state index contributed by atoms with van der Waals surface area (Å²) in [5.41, 5.74) is 2.22. The minimum Gasteiger partial charge on any atom is -0.497 e. The molecule has 1 saturated heterocycles. The molecule has 0 radical (unpaired) electrons. The van der Waals surface area contributed by atoms with Crippen LogP contribution in [0.3, 0.4) is 0 Å². The lowest BCUT2D eigenvalue weighted by Crippen LogP contribution is -2.54. The van der Waals surface area contributed by atoms with E-state index in [9.17, 15) is 4.79 Å². The summed E-state index contributed by atoms with van der Waals surface area (Å²) in [5.74, 6) is -0.382. The largest absolute Gasteiger partial charge is 0.497 e. The quantitative estimate of drug-likeness (QED) is 0.0501. The smallest absolute Gasteiger partial charge is 0.330 e. The third-order valence-corrected chi connectivity index (χ3v) is 15.8. The van der Waals surface area contributed by atoms with Gasteiger partial charge >= 0.3 is 5.97 Å². The zero-order chi connectivity index (χ0) is 40.8. The molecule has 1 heterocycles. The topological polar surface area (TPSA) is 90.9 Å². The van der Waals surface area contributed by atoms with Gasteiger partial charge in [0, 0.05) is 44.5 Å². The zero-order valence-corrected chi connectivity index (χ0v) is 37.1. The molecule has 1 aliphatic rings. The maximum absolute atomic E-state index is 12.3. The van der Waals surface area contributed by atoms with Crippen LogP contribution in [-0.2, 0) is 50.9 Å². The number of methoxy groups -OCH3 is 2. The van der Waals surface area contributed by atoms with Crippen molar-refractivity contribution in [3.63, 3.8) is 0 Å². The number of rotatable bonds is 22.